The highest BCUT2D eigenvalue weighted by molar-refractivity contribution is 5.55. The van der Waals surface area contributed by atoms with Crippen LogP contribution >= 0.6 is 0 Å². The minimum absolute atomic E-state index is 0.151. The zero-order valence-electron chi connectivity index (χ0n) is 20.6. The van der Waals surface area contributed by atoms with Gasteiger partial charge in [0.1, 0.15) is 18.2 Å². The van der Waals surface area contributed by atoms with Crippen LogP contribution in [0.5, 0.6) is 0 Å². The number of methoxy groups -OCH3 is 1. The van der Waals surface area contributed by atoms with Gasteiger partial charge in [-0.2, -0.15) is 36.3 Å². The predicted molar refractivity (Wildman–Crippen MR) is 129 cm³/mol. The van der Waals surface area contributed by atoms with Crippen molar-refractivity contribution in [3.8, 4) is 0 Å². The van der Waals surface area contributed by atoms with E-state index in [9.17, 15) is 26.3 Å². The number of rotatable bonds is 6. The van der Waals surface area contributed by atoms with Gasteiger partial charge in [-0.05, 0) is 24.6 Å². The molecule has 3 aromatic heterocycles. The lowest BCUT2D eigenvalue weighted by molar-refractivity contribution is -0.138. The molecule has 1 atom stereocenters. The van der Waals surface area contributed by atoms with Crippen molar-refractivity contribution in [1.82, 2.24) is 24.4 Å². The fourth-order valence-corrected chi connectivity index (χ4v) is 4.35. The number of pyridine rings is 2. The smallest absolute Gasteiger partial charge is 0.383 e. The number of hydrogen-bond donors (Lipinski definition) is 1. The summed E-state index contributed by atoms with van der Waals surface area (Å²) in [6.45, 7) is 0.870. The number of aromatic nitrogens is 4. The third kappa shape index (κ3) is 5.50. The number of quaternary nitrogens is 1. The van der Waals surface area contributed by atoms with Crippen LogP contribution in [0.3, 0.4) is 0 Å². The Morgan fingerprint density at radius 3 is 2.37 bits per heavy atom. The Morgan fingerprint density at radius 1 is 1.00 bits per heavy atom. The van der Waals surface area contributed by atoms with Gasteiger partial charge in [0, 0.05) is 50.6 Å². The normalized spacial score (nSPS) is 16.1. The number of nitrogen functional groups attached to an aromatic ring is 1. The SMILES string of the molecule is COCC[N+](C)(c1ccc(C(F)(F)F)cn1)c1nc(N)c2c(n1)CCN(c1ncccc1C(F)(F)F)CC2. The second-order valence-corrected chi connectivity index (χ2v) is 9.00. The number of nitrogens with zero attached hydrogens (tertiary/aromatic N) is 6. The number of fused-ring (bicyclic) bond motifs is 1. The molecule has 4 rings (SSSR count). The fourth-order valence-electron chi connectivity index (χ4n) is 4.35. The molecule has 1 aliphatic heterocycles. The molecule has 2 N–H and O–H groups in total. The van der Waals surface area contributed by atoms with Crippen molar-refractivity contribution in [2.24, 2.45) is 0 Å². The molecule has 0 aromatic carbocycles. The maximum Gasteiger partial charge on any atom is 0.419 e. The van der Waals surface area contributed by atoms with E-state index in [1.54, 1.807) is 11.9 Å². The summed E-state index contributed by atoms with van der Waals surface area (Å²) < 4.78 is 85.0. The lowest BCUT2D eigenvalue weighted by Gasteiger charge is -2.30. The lowest BCUT2D eigenvalue weighted by atomic mass is 10.1. The van der Waals surface area contributed by atoms with Crippen molar-refractivity contribution in [3.05, 3.63) is 59.0 Å². The van der Waals surface area contributed by atoms with Crippen LogP contribution in [-0.2, 0) is 29.9 Å². The molecule has 0 spiro atoms. The molecular formula is C24H26F6N7O+. The van der Waals surface area contributed by atoms with Crippen molar-refractivity contribution in [2.45, 2.75) is 25.2 Å². The number of nitrogens with two attached hydrogens (primary N) is 1. The predicted octanol–water partition coefficient (Wildman–Crippen LogP) is 4.41. The zero-order valence-corrected chi connectivity index (χ0v) is 20.6. The number of hydrogen-bond acceptors (Lipinski definition) is 7. The summed E-state index contributed by atoms with van der Waals surface area (Å²) in [6.07, 6.45) is -6.51. The van der Waals surface area contributed by atoms with E-state index in [1.807, 2.05) is 0 Å². The maximum absolute atomic E-state index is 13.6. The topological polar surface area (TPSA) is 90.0 Å². The molecule has 1 aliphatic rings. The highest BCUT2D eigenvalue weighted by atomic mass is 19.4. The van der Waals surface area contributed by atoms with Crippen molar-refractivity contribution in [1.29, 1.82) is 0 Å². The largest absolute Gasteiger partial charge is 0.419 e. The first-order chi connectivity index (χ1) is 17.8. The Kier molecular flexibility index (Phi) is 7.48. The first kappa shape index (κ1) is 27.5. The fraction of sp³-hybridized carbons (Fsp3) is 0.417. The van der Waals surface area contributed by atoms with Gasteiger partial charge in [0.15, 0.2) is 0 Å². The molecule has 0 aliphatic carbocycles. The van der Waals surface area contributed by atoms with Gasteiger partial charge in [-0.1, -0.05) is 0 Å². The number of ether oxygens (including phenoxy) is 1. The molecule has 0 amide bonds. The third-order valence-corrected chi connectivity index (χ3v) is 6.52. The quantitative estimate of drug-likeness (QED) is 0.365. The molecule has 4 heterocycles. The summed E-state index contributed by atoms with van der Waals surface area (Å²) in [5.41, 5.74) is 5.74. The summed E-state index contributed by atoms with van der Waals surface area (Å²) in [6, 6.07) is 4.41. The Hall–Kier alpha value is -3.52. The van der Waals surface area contributed by atoms with Gasteiger partial charge in [-0.25, -0.2) is 14.5 Å². The Bertz CT molecular complexity index is 1280. The van der Waals surface area contributed by atoms with Gasteiger partial charge in [-0.15, -0.1) is 0 Å². The van der Waals surface area contributed by atoms with Gasteiger partial charge in [0.05, 0.1) is 30.5 Å². The van der Waals surface area contributed by atoms with Crippen molar-refractivity contribution < 1.29 is 31.1 Å². The molecule has 14 heteroatoms. The van der Waals surface area contributed by atoms with Gasteiger partial charge in [0.2, 0.25) is 5.82 Å². The Morgan fingerprint density at radius 2 is 1.74 bits per heavy atom. The molecule has 8 nitrogen and oxygen atoms in total. The van der Waals surface area contributed by atoms with Crippen LogP contribution in [0.15, 0.2) is 36.7 Å². The van der Waals surface area contributed by atoms with Gasteiger partial charge >= 0.3 is 18.3 Å². The number of anilines is 2. The number of likely N-dealkylation sites (N-methyl/N-ethyl adjacent to an activating group) is 1. The molecule has 0 saturated carbocycles. The maximum atomic E-state index is 13.6. The molecule has 0 bridgehead atoms. The Labute approximate surface area is 214 Å². The second kappa shape index (κ2) is 10.3. The standard InChI is InChI=1S/C24H26F6N7O/c1-37(12-13-38-2,19-6-5-15(14-33-19)23(25,26)27)22-34-18-8-11-36(10-7-16(18)20(31)35-22)21-17(24(28,29)30)4-3-9-32-21/h3-6,9,14H,7-8,10-13H2,1-2H3,(H2,31,34,35)/q+1. The van der Waals surface area contributed by atoms with E-state index in [0.29, 0.717) is 11.3 Å². The average molecular weight is 543 g/mol. The van der Waals surface area contributed by atoms with Crippen LogP contribution in [0.25, 0.3) is 0 Å². The summed E-state index contributed by atoms with van der Waals surface area (Å²) >= 11 is 0. The zero-order chi connectivity index (χ0) is 27.7. The summed E-state index contributed by atoms with van der Waals surface area (Å²) in [7, 11) is 3.17. The molecule has 38 heavy (non-hydrogen) atoms. The molecule has 0 saturated heterocycles. The van der Waals surface area contributed by atoms with Crippen LogP contribution in [0.1, 0.15) is 22.4 Å². The van der Waals surface area contributed by atoms with Gasteiger partial charge in [0.25, 0.3) is 0 Å². The number of halogens is 6. The minimum atomic E-state index is -4.57. The van der Waals surface area contributed by atoms with Crippen LogP contribution in [0.4, 0.5) is 49.7 Å². The first-order valence-corrected chi connectivity index (χ1v) is 11.7. The Balaban J connectivity index is 1.69. The summed E-state index contributed by atoms with van der Waals surface area (Å²) in [4.78, 5) is 18.7. The van der Waals surface area contributed by atoms with Crippen molar-refractivity contribution in [2.75, 3.05) is 51.0 Å². The molecule has 0 fully saturated rings. The van der Waals surface area contributed by atoms with E-state index < -0.39 is 23.5 Å². The van der Waals surface area contributed by atoms with Crippen LogP contribution in [0, 0.1) is 0 Å². The monoisotopic (exact) mass is 542 g/mol. The summed E-state index contributed by atoms with van der Waals surface area (Å²) in [5.74, 6) is 0.410. The van der Waals surface area contributed by atoms with E-state index in [4.69, 9.17) is 15.5 Å². The minimum Gasteiger partial charge on any atom is -0.383 e. The number of alkyl halides is 6. The van der Waals surface area contributed by atoms with E-state index >= 15 is 0 Å². The van der Waals surface area contributed by atoms with Gasteiger partial charge in [-0.3, -0.25) is 0 Å². The van der Waals surface area contributed by atoms with Crippen LogP contribution in [-0.4, -0.2) is 60.3 Å². The van der Waals surface area contributed by atoms with Crippen molar-refractivity contribution >= 4 is 23.4 Å². The average Bonchev–Trinajstić information content (AvgIpc) is 3.09. The lowest BCUT2D eigenvalue weighted by Crippen LogP contribution is -2.45. The van der Waals surface area contributed by atoms with E-state index in [1.165, 1.54) is 25.4 Å². The van der Waals surface area contributed by atoms with Crippen LogP contribution in [0.2, 0.25) is 0 Å². The highest BCUT2D eigenvalue weighted by Gasteiger charge is 2.38. The van der Waals surface area contributed by atoms with E-state index in [-0.39, 0.29) is 67.0 Å². The van der Waals surface area contributed by atoms with Crippen molar-refractivity contribution in [3.63, 3.8) is 0 Å². The van der Waals surface area contributed by atoms with Gasteiger partial charge < -0.3 is 15.4 Å². The third-order valence-electron chi connectivity index (χ3n) is 6.52. The van der Waals surface area contributed by atoms with E-state index in [2.05, 4.69) is 15.0 Å². The molecular weight excluding hydrogens is 516 g/mol. The molecule has 0 radical (unpaired) electrons. The second-order valence-electron chi connectivity index (χ2n) is 9.00. The van der Waals surface area contributed by atoms with E-state index in [0.717, 1.165) is 18.3 Å². The molecule has 1 unspecified atom stereocenters. The highest BCUT2D eigenvalue weighted by Crippen LogP contribution is 2.37. The molecule has 204 valence electrons. The summed E-state index contributed by atoms with van der Waals surface area (Å²) in [5, 5.41) is 0. The van der Waals surface area contributed by atoms with Crippen LogP contribution < -0.4 is 15.1 Å². The first-order valence-electron chi connectivity index (χ1n) is 11.7. The molecule has 3 aromatic rings.